The largest absolute Gasteiger partial charge is 0.490 e. The fraction of sp³-hybridized carbons (Fsp3) is 0.758. The summed E-state index contributed by atoms with van der Waals surface area (Å²) < 4.78 is 17.1. The third-order valence-corrected chi connectivity index (χ3v) is 9.40. The van der Waals surface area contributed by atoms with Crippen LogP contribution < -0.4 is 19.9 Å². The summed E-state index contributed by atoms with van der Waals surface area (Å²) in [7, 11) is 0. The van der Waals surface area contributed by atoms with Crippen molar-refractivity contribution in [2.45, 2.75) is 104 Å². The van der Waals surface area contributed by atoms with Gasteiger partial charge in [-0.25, -0.2) is 14.8 Å². The molecule has 3 fully saturated rings. The van der Waals surface area contributed by atoms with Crippen LogP contribution in [0.15, 0.2) is 16.9 Å². The Morgan fingerprint density at radius 3 is 2.41 bits per heavy atom. The lowest BCUT2D eigenvalue weighted by atomic mass is 9.84. The molecule has 0 spiro atoms. The van der Waals surface area contributed by atoms with Gasteiger partial charge in [0.15, 0.2) is 11.6 Å². The summed E-state index contributed by atoms with van der Waals surface area (Å²) in [6.07, 6.45) is 7.51. The van der Waals surface area contributed by atoms with Crippen LogP contribution in [0.5, 0.6) is 5.75 Å². The summed E-state index contributed by atoms with van der Waals surface area (Å²) in [6, 6.07) is 0.144. The van der Waals surface area contributed by atoms with Crippen LogP contribution in [0.3, 0.4) is 0 Å². The van der Waals surface area contributed by atoms with Crippen LogP contribution in [0.1, 0.15) is 92.3 Å². The molecular formula is C33H52N8O5. The molecular weight excluding hydrogens is 588 g/mol. The van der Waals surface area contributed by atoms with Crippen LogP contribution in [0.4, 0.5) is 16.8 Å². The number of nitrogens with one attached hydrogen (secondary N) is 1. The minimum absolute atomic E-state index is 0.123. The lowest BCUT2D eigenvalue weighted by Crippen LogP contribution is -2.55. The van der Waals surface area contributed by atoms with E-state index in [1.807, 2.05) is 30.6 Å². The van der Waals surface area contributed by atoms with Gasteiger partial charge in [0.1, 0.15) is 5.60 Å². The molecule has 13 nitrogen and oxygen atoms in total. The number of nitrogens with zero attached hydrogens (tertiary/aromatic N) is 7. The number of hydrogen-bond acceptors (Lipinski definition) is 11. The van der Waals surface area contributed by atoms with E-state index in [1.54, 1.807) is 12.4 Å². The number of amides is 2. The molecule has 5 heterocycles. The molecule has 3 saturated heterocycles. The van der Waals surface area contributed by atoms with Crippen LogP contribution in [-0.4, -0.2) is 94.0 Å². The quantitative estimate of drug-likeness (QED) is 0.388. The van der Waals surface area contributed by atoms with Gasteiger partial charge < -0.3 is 34.0 Å². The standard InChI is InChI=1S/C33H52N8O5/c1-21(2)29-37-31(46-38-29)39-12-9-24(10-13-39)23(4)11-15-44-25-17-34-30(35-18-25)40-19-26(36-32(43)45-33(5,6)7)27(20-40)41-14-8-22(3)16-28(41)42/h17-18,21-24,26-27H,8-16,19-20H2,1-7H3,(H,36,43)/t22?,23-,26+,27-/m1/s1. The number of aromatic nitrogens is 4. The Hall–Kier alpha value is -3.64. The van der Waals surface area contributed by atoms with E-state index in [1.165, 1.54) is 0 Å². The highest BCUT2D eigenvalue weighted by atomic mass is 16.6. The topological polar surface area (TPSA) is 139 Å². The van der Waals surface area contributed by atoms with E-state index in [-0.39, 0.29) is 23.9 Å². The number of carbonyl (C=O) groups excluding carboxylic acids is 2. The van der Waals surface area contributed by atoms with Gasteiger partial charge in [-0.3, -0.25) is 4.79 Å². The van der Waals surface area contributed by atoms with Crippen LogP contribution in [0, 0.1) is 17.8 Å². The first-order valence-corrected chi connectivity index (χ1v) is 16.9. The second-order valence-corrected chi connectivity index (χ2v) is 14.7. The highest BCUT2D eigenvalue weighted by Gasteiger charge is 2.42. The predicted molar refractivity (Wildman–Crippen MR) is 174 cm³/mol. The molecule has 2 amide bonds. The maximum Gasteiger partial charge on any atom is 0.408 e. The van der Waals surface area contributed by atoms with E-state index in [0.717, 1.165) is 44.6 Å². The van der Waals surface area contributed by atoms with Gasteiger partial charge >= 0.3 is 12.1 Å². The van der Waals surface area contributed by atoms with Gasteiger partial charge in [0.2, 0.25) is 11.9 Å². The molecule has 254 valence electrons. The van der Waals surface area contributed by atoms with Crippen molar-refractivity contribution in [1.82, 2.24) is 30.3 Å². The number of alkyl carbamates (subject to hydrolysis) is 1. The molecule has 3 aliphatic rings. The van der Waals surface area contributed by atoms with Gasteiger partial charge in [-0.2, -0.15) is 4.98 Å². The average Bonchev–Trinajstić information content (AvgIpc) is 3.65. The van der Waals surface area contributed by atoms with Crippen molar-refractivity contribution in [3.8, 4) is 5.75 Å². The lowest BCUT2D eigenvalue weighted by molar-refractivity contribution is -0.137. The number of hydrogen-bond donors (Lipinski definition) is 1. The van der Waals surface area contributed by atoms with Crippen molar-refractivity contribution in [2.75, 3.05) is 49.1 Å². The van der Waals surface area contributed by atoms with E-state index < -0.39 is 11.7 Å². The molecule has 2 aromatic heterocycles. The van der Waals surface area contributed by atoms with Crippen LogP contribution >= 0.6 is 0 Å². The van der Waals surface area contributed by atoms with Crippen molar-refractivity contribution in [1.29, 1.82) is 0 Å². The highest BCUT2D eigenvalue weighted by Crippen LogP contribution is 2.30. The van der Waals surface area contributed by atoms with Gasteiger partial charge in [0.05, 0.1) is 31.1 Å². The highest BCUT2D eigenvalue weighted by molar-refractivity contribution is 5.78. The Balaban J connectivity index is 1.11. The maximum atomic E-state index is 13.0. The minimum Gasteiger partial charge on any atom is -0.490 e. The van der Waals surface area contributed by atoms with Gasteiger partial charge in [-0.05, 0) is 64.2 Å². The Kier molecular flexibility index (Phi) is 10.6. The molecule has 1 unspecified atom stereocenters. The monoisotopic (exact) mass is 640 g/mol. The molecule has 0 aromatic carbocycles. The van der Waals surface area contributed by atoms with Crippen molar-refractivity contribution < 1.29 is 23.6 Å². The van der Waals surface area contributed by atoms with E-state index in [4.69, 9.17) is 14.0 Å². The first-order valence-electron chi connectivity index (χ1n) is 16.9. The molecule has 0 aliphatic carbocycles. The summed E-state index contributed by atoms with van der Waals surface area (Å²) in [5, 5.41) is 7.12. The summed E-state index contributed by atoms with van der Waals surface area (Å²) >= 11 is 0. The minimum atomic E-state index is -0.615. The van der Waals surface area contributed by atoms with E-state index >= 15 is 0 Å². The third kappa shape index (κ3) is 8.58. The van der Waals surface area contributed by atoms with Gasteiger partial charge in [0, 0.05) is 45.1 Å². The second kappa shape index (κ2) is 14.4. The van der Waals surface area contributed by atoms with Crippen LogP contribution in [0.25, 0.3) is 0 Å². The molecule has 1 N–H and O–H groups in total. The first kappa shape index (κ1) is 33.7. The van der Waals surface area contributed by atoms with Crippen molar-refractivity contribution >= 4 is 24.0 Å². The molecule has 0 saturated carbocycles. The number of piperidine rings is 2. The number of carbonyl (C=O) groups is 2. The maximum absolute atomic E-state index is 13.0. The van der Waals surface area contributed by atoms with E-state index in [0.29, 0.717) is 68.1 Å². The SMILES string of the molecule is CC1CCN([C@@H]2CN(c3ncc(OCC[C@@H](C)C4CCN(c5nc(C(C)C)no5)CC4)cn3)C[C@@H]2NC(=O)OC(C)(C)C)C(=O)C1. The van der Waals surface area contributed by atoms with E-state index in [2.05, 4.69) is 58.0 Å². The number of likely N-dealkylation sites (tertiary alicyclic amines) is 1. The normalized spacial score (nSPS) is 23.6. The zero-order chi connectivity index (χ0) is 33.0. The molecule has 13 heteroatoms. The fourth-order valence-corrected chi connectivity index (χ4v) is 6.61. The lowest BCUT2D eigenvalue weighted by Gasteiger charge is -2.37. The molecule has 4 atom stereocenters. The van der Waals surface area contributed by atoms with Gasteiger partial charge in [0.25, 0.3) is 0 Å². The Bertz CT molecular complexity index is 1300. The zero-order valence-electron chi connectivity index (χ0n) is 28.6. The smallest absolute Gasteiger partial charge is 0.408 e. The molecule has 2 aromatic rings. The Labute approximate surface area is 272 Å². The first-order chi connectivity index (χ1) is 21.9. The van der Waals surface area contributed by atoms with Crippen molar-refractivity contribution in [3.05, 3.63) is 18.2 Å². The Morgan fingerprint density at radius 1 is 1.07 bits per heavy atom. The van der Waals surface area contributed by atoms with Crippen molar-refractivity contribution in [2.24, 2.45) is 17.8 Å². The van der Waals surface area contributed by atoms with Gasteiger partial charge in [-0.15, -0.1) is 0 Å². The third-order valence-electron chi connectivity index (χ3n) is 9.40. The zero-order valence-corrected chi connectivity index (χ0v) is 28.6. The molecule has 0 bridgehead atoms. The van der Waals surface area contributed by atoms with Crippen molar-refractivity contribution in [3.63, 3.8) is 0 Å². The number of ether oxygens (including phenoxy) is 2. The number of anilines is 2. The summed E-state index contributed by atoms with van der Waals surface area (Å²) in [5.74, 6) is 3.81. The van der Waals surface area contributed by atoms with Crippen LogP contribution in [-0.2, 0) is 9.53 Å². The second-order valence-electron chi connectivity index (χ2n) is 14.7. The molecule has 0 radical (unpaired) electrons. The fourth-order valence-electron chi connectivity index (χ4n) is 6.61. The van der Waals surface area contributed by atoms with Gasteiger partial charge in [-0.1, -0.05) is 32.9 Å². The molecule has 3 aliphatic heterocycles. The van der Waals surface area contributed by atoms with E-state index in [9.17, 15) is 9.59 Å². The molecule has 5 rings (SSSR count). The summed E-state index contributed by atoms with van der Waals surface area (Å²) in [5.41, 5.74) is -0.615. The Morgan fingerprint density at radius 2 is 1.78 bits per heavy atom. The summed E-state index contributed by atoms with van der Waals surface area (Å²) in [4.78, 5) is 45.6. The average molecular weight is 641 g/mol. The predicted octanol–water partition coefficient (Wildman–Crippen LogP) is 4.65. The number of rotatable bonds is 10. The summed E-state index contributed by atoms with van der Waals surface area (Å²) in [6.45, 7) is 18.2. The van der Waals surface area contributed by atoms with Crippen LogP contribution in [0.2, 0.25) is 0 Å². The molecule has 46 heavy (non-hydrogen) atoms.